The minimum atomic E-state index is -4.81. The van der Waals surface area contributed by atoms with Gasteiger partial charge in [-0.05, 0) is 18.1 Å². The number of carbonyl (C=O) groups excluding carboxylic acids is 1. The lowest BCUT2D eigenvalue weighted by molar-refractivity contribution is -0.144. The Morgan fingerprint density at radius 2 is 1.72 bits per heavy atom. The van der Waals surface area contributed by atoms with Crippen LogP contribution in [0.25, 0.3) is 0 Å². The second-order valence-electron chi connectivity index (χ2n) is 6.28. The van der Waals surface area contributed by atoms with Gasteiger partial charge in [0.2, 0.25) is 0 Å². The smallest absolute Gasteiger partial charge is 0.417 e. The fourth-order valence-electron chi connectivity index (χ4n) is 2.68. The van der Waals surface area contributed by atoms with Crippen LogP contribution < -0.4 is 11.1 Å². The van der Waals surface area contributed by atoms with Crippen molar-refractivity contribution in [2.24, 2.45) is 5.73 Å². The van der Waals surface area contributed by atoms with Gasteiger partial charge in [-0.25, -0.2) is 4.79 Å². The molecule has 0 bridgehead atoms. The van der Waals surface area contributed by atoms with E-state index >= 15 is 0 Å². The van der Waals surface area contributed by atoms with Gasteiger partial charge in [-0.1, -0.05) is 54.1 Å². The molecule has 0 radical (unpaired) electrons. The van der Waals surface area contributed by atoms with Crippen LogP contribution in [0.3, 0.4) is 0 Å². The van der Waals surface area contributed by atoms with Crippen molar-refractivity contribution in [3.8, 4) is 0 Å². The molecule has 0 aliphatic rings. The topological polar surface area (TPSA) is 113 Å². The number of nitrogens with two attached hydrogens (primary N) is 1. The van der Waals surface area contributed by atoms with Gasteiger partial charge in [-0.2, -0.15) is 13.2 Å². The molecule has 0 aliphatic carbocycles. The van der Waals surface area contributed by atoms with E-state index in [1.807, 2.05) is 5.32 Å². The fraction of sp³-hybridized carbons (Fsp3) is 0.263. The molecule has 0 aromatic heterocycles. The van der Waals surface area contributed by atoms with Crippen molar-refractivity contribution in [3.05, 3.63) is 70.2 Å². The third-order valence-electron chi connectivity index (χ3n) is 4.17. The average Bonchev–Trinajstić information content (AvgIpc) is 2.65. The summed E-state index contributed by atoms with van der Waals surface area (Å²) < 4.78 is 39.1. The Balaban J connectivity index is 2.20. The van der Waals surface area contributed by atoms with Gasteiger partial charge < -0.3 is 21.3 Å². The van der Waals surface area contributed by atoms with Crippen LogP contribution in [0, 0.1) is 0 Å². The number of aliphatic carboxylic acids is 1. The Kier molecular flexibility index (Phi) is 7.23. The van der Waals surface area contributed by atoms with Gasteiger partial charge in [-0.15, -0.1) is 0 Å². The molecule has 0 saturated heterocycles. The van der Waals surface area contributed by atoms with E-state index in [-0.39, 0.29) is 6.42 Å². The predicted molar refractivity (Wildman–Crippen MR) is 99.1 cm³/mol. The van der Waals surface area contributed by atoms with E-state index in [1.54, 1.807) is 30.3 Å². The van der Waals surface area contributed by atoms with Crippen LogP contribution in [0.1, 0.15) is 22.7 Å². The molecule has 0 aliphatic heterocycles. The van der Waals surface area contributed by atoms with Crippen LogP contribution in [0.5, 0.6) is 0 Å². The number of carboxylic acids is 1. The number of amides is 1. The first kappa shape index (κ1) is 22.7. The summed E-state index contributed by atoms with van der Waals surface area (Å²) in [5.41, 5.74) is 4.85. The number of hydrogen-bond acceptors (Lipinski definition) is 4. The molecule has 1 amide bonds. The number of carboxylic acid groups (broad SMARTS) is 1. The number of nitrogens with one attached hydrogen (secondary N) is 1. The molecule has 0 unspecified atom stereocenters. The largest absolute Gasteiger partial charge is 0.479 e. The van der Waals surface area contributed by atoms with Crippen molar-refractivity contribution in [1.82, 2.24) is 5.32 Å². The number of alkyl halides is 3. The van der Waals surface area contributed by atoms with E-state index in [9.17, 15) is 33.0 Å². The molecule has 3 atom stereocenters. The van der Waals surface area contributed by atoms with Gasteiger partial charge in [0.1, 0.15) is 6.10 Å². The summed E-state index contributed by atoms with van der Waals surface area (Å²) in [7, 11) is 0. The van der Waals surface area contributed by atoms with Crippen LogP contribution in [-0.4, -0.2) is 34.2 Å². The summed E-state index contributed by atoms with van der Waals surface area (Å²) in [4.78, 5) is 23.9. The van der Waals surface area contributed by atoms with Gasteiger partial charge in [0.15, 0.2) is 6.04 Å². The highest BCUT2D eigenvalue weighted by molar-refractivity contribution is 6.32. The average molecular weight is 431 g/mol. The maximum absolute atomic E-state index is 13.0. The molecule has 2 rings (SSSR count). The van der Waals surface area contributed by atoms with Gasteiger partial charge in [-0.3, -0.25) is 4.79 Å². The number of halogens is 4. The third-order valence-corrected chi connectivity index (χ3v) is 4.59. The number of hydrogen-bond donors (Lipinski definition) is 4. The Bertz CT molecular complexity index is 878. The predicted octanol–water partition coefficient (Wildman–Crippen LogP) is 2.53. The van der Waals surface area contributed by atoms with Crippen LogP contribution in [0.15, 0.2) is 48.5 Å². The van der Waals surface area contributed by atoms with Crippen LogP contribution in [0.2, 0.25) is 5.02 Å². The van der Waals surface area contributed by atoms with Crippen LogP contribution >= 0.6 is 11.6 Å². The van der Waals surface area contributed by atoms with Crippen LogP contribution in [0.4, 0.5) is 13.2 Å². The van der Waals surface area contributed by atoms with Gasteiger partial charge in [0.05, 0.1) is 10.6 Å². The Morgan fingerprint density at radius 1 is 1.10 bits per heavy atom. The second kappa shape index (κ2) is 9.25. The normalized spacial score (nSPS) is 14.7. The highest BCUT2D eigenvalue weighted by Gasteiger charge is 2.37. The van der Waals surface area contributed by atoms with Crippen molar-refractivity contribution in [3.63, 3.8) is 0 Å². The van der Waals surface area contributed by atoms with Crippen molar-refractivity contribution in [2.75, 3.05) is 0 Å². The summed E-state index contributed by atoms with van der Waals surface area (Å²) in [6.45, 7) is 0. The molecule has 29 heavy (non-hydrogen) atoms. The Morgan fingerprint density at radius 3 is 2.28 bits per heavy atom. The first-order valence-corrected chi connectivity index (χ1v) is 8.76. The Hall–Kier alpha value is -2.62. The van der Waals surface area contributed by atoms with E-state index in [0.717, 1.165) is 17.7 Å². The monoisotopic (exact) mass is 430 g/mol. The number of carbonyl (C=O) groups is 2. The molecule has 0 fully saturated rings. The summed E-state index contributed by atoms with van der Waals surface area (Å²) in [5.74, 6) is -2.79. The molecule has 0 saturated carbocycles. The minimum Gasteiger partial charge on any atom is -0.479 e. The summed E-state index contributed by atoms with van der Waals surface area (Å²) in [6, 6.07) is 8.46. The second-order valence-corrected chi connectivity index (χ2v) is 6.66. The maximum Gasteiger partial charge on any atom is 0.417 e. The molecule has 156 valence electrons. The molecule has 6 nitrogen and oxygen atoms in total. The van der Waals surface area contributed by atoms with Crippen molar-refractivity contribution in [1.29, 1.82) is 0 Å². The zero-order valence-electron chi connectivity index (χ0n) is 14.9. The quantitative estimate of drug-likeness (QED) is 0.539. The van der Waals surface area contributed by atoms with E-state index in [2.05, 4.69) is 0 Å². The van der Waals surface area contributed by atoms with Crippen LogP contribution in [-0.2, 0) is 22.2 Å². The number of aliphatic hydroxyl groups is 1. The zero-order chi connectivity index (χ0) is 21.8. The lowest BCUT2D eigenvalue weighted by atomic mass is 10.00. The number of aliphatic hydroxyl groups excluding tert-OH is 1. The number of rotatable bonds is 7. The SMILES string of the molecule is N[C@H](Cc1ccccc1)[C@H](O)C(=O)N[C@@H](C(=O)O)c1cccc(C(F)(F)F)c1Cl. The van der Waals surface area contributed by atoms with E-state index < -0.39 is 52.4 Å². The molecule has 2 aromatic carbocycles. The molecule has 10 heteroatoms. The highest BCUT2D eigenvalue weighted by Crippen LogP contribution is 2.38. The molecule has 5 N–H and O–H groups in total. The minimum absolute atomic E-state index is 0.122. The summed E-state index contributed by atoms with van der Waals surface area (Å²) in [6.07, 6.45) is -6.48. The van der Waals surface area contributed by atoms with E-state index in [0.29, 0.717) is 6.07 Å². The first-order valence-electron chi connectivity index (χ1n) is 8.38. The van der Waals surface area contributed by atoms with E-state index in [1.165, 1.54) is 0 Å². The molecule has 2 aromatic rings. The molecule has 0 heterocycles. The highest BCUT2D eigenvalue weighted by atomic mass is 35.5. The Labute approximate surface area is 169 Å². The summed E-state index contributed by atoms with van der Waals surface area (Å²) in [5, 5.41) is 20.7. The fourth-order valence-corrected chi connectivity index (χ4v) is 3.03. The third kappa shape index (κ3) is 5.69. The van der Waals surface area contributed by atoms with Gasteiger partial charge in [0.25, 0.3) is 5.91 Å². The summed E-state index contributed by atoms with van der Waals surface area (Å²) >= 11 is 5.74. The van der Waals surface area contributed by atoms with Gasteiger partial charge in [0, 0.05) is 11.6 Å². The molecular formula is C19H18ClF3N2O4. The van der Waals surface area contributed by atoms with Crippen molar-refractivity contribution < 1.29 is 33.0 Å². The lowest BCUT2D eigenvalue weighted by Crippen LogP contribution is -2.49. The standard InChI is InChI=1S/C19H18ClF3N2O4/c20-14-11(7-4-8-12(14)19(21,22)23)15(18(28)29)25-17(27)16(26)13(24)9-10-5-2-1-3-6-10/h1-8,13,15-16,26H,9,24H2,(H,25,27)(H,28,29)/t13-,15-,16+/m1/s1. The number of benzene rings is 2. The van der Waals surface area contributed by atoms with E-state index in [4.69, 9.17) is 17.3 Å². The lowest BCUT2D eigenvalue weighted by Gasteiger charge is -2.23. The molecular weight excluding hydrogens is 413 g/mol. The molecule has 0 spiro atoms. The zero-order valence-corrected chi connectivity index (χ0v) is 15.6. The van der Waals surface area contributed by atoms with Gasteiger partial charge >= 0.3 is 12.1 Å². The maximum atomic E-state index is 13.0. The van der Waals surface area contributed by atoms with Crippen molar-refractivity contribution >= 4 is 23.5 Å². The van der Waals surface area contributed by atoms with Crippen molar-refractivity contribution in [2.45, 2.75) is 30.8 Å². The first-order chi connectivity index (χ1) is 13.5.